The Labute approximate surface area is 102 Å². The topological polar surface area (TPSA) is 40.5 Å². The summed E-state index contributed by atoms with van der Waals surface area (Å²) in [6.45, 7) is 1.72. The van der Waals surface area contributed by atoms with Crippen LogP contribution in [0.15, 0.2) is 24.3 Å². The second-order valence-corrected chi connectivity index (χ2v) is 4.53. The van der Waals surface area contributed by atoms with Crippen molar-refractivity contribution in [1.29, 1.82) is 0 Å². The van der Waals surface area contributed by atoms with E-state index in [1.807, 2.05) is 18.2 Å². The zero-order chi connectivity index (χ0) is 12.1. The van der Waals surface area contributed by atoms with Crippen LogP contribution in [0.5, 0.6) is 0 Å². The number of nitrogens with zero attached hydrogens (tertiary/aromatic N) is 1. The normalized spacial score (nSPS) is 16.6. The van der Waals surface area contributed by atoms with Gasteiger partial charge in [-0.1, -0.05) is 25.0 Å². The van der Waals surface area contributed by atoms with E-state index in [1.54, 1.807) is 6.07 Å². The predicted octanol–water partition coefficient (Wildman–Crippen LogP) is 2.24. The van der Waals surface area contributed by atoms with E-state index in [-0.39, 0.29) is 5.78 Å². The number of ketones is 1. The molecule has 1 N–H and O–H groups in total. The van der Waals surface area contributed by atoms with Crippen LogP contribution in [0.4, 0.5) is 5.69 Å². The van der Waals surface area contributed by atoms with Crippen molar-refractivity contribution in [2.24, 2.45) is 0 Å². The highest BCUT2D eigenvalue weighted by Crippen LogP contribution is 2.20. The second kappa shape index (κ2) is 5.82. The molecule has 1 aromatic rings. The van der Waals surface area contributed by atoms with Crippen LogP contribution in [0.3, 0.4) is 0 Å². The molecule has 1 saturated heterocycles. The van der Waals surface area contributed by atoms with Crippen LogP contribution in [0.25, 0.3) is 0 Å². The number of anilines is 1. The lowest BCUT2D eigenvalue weighted by Gasteiger charge is -2.23. The van der Waals surface area contributed by atoms with Gasteiger partial charge >= 0.3 is 0 Å². The van der Waals surface area contributed by atoms with Crippen molar-refractivity contribution >= 4 is 11.5 Å². The van der Waals surface area contributed by atoms with Crippen LogP contribution in [-0.4, -0.2) is 30.6 Å². The minimum absolute atomic E-state index is 0.207. The number of rotatable bonds is 3. The molecular formula is C14H19NO2. The molecule has 1 aliphatic rings. The molecule has 0 radical (unpaired) electrons. The highest BCUT2D eigenvalue weighted by atomic mass is 16.3. The molecular weight excluding hydrogens is 214 g/mol. The van der Waals surface area contributed by atoms with Gasteiger partial charge in [-0.2, -0.15) is 0 Å². The zero-order valence-corrected chi connectivity index (χ0v) is 10.1. The maximum Gasteiger partial charge on any atom is 0.188 e. The van der Waals surface area contributed by atoms with Gasteiger partial charge in [-0.25, -0.2) is 0 Å². The second-order valence-electron chi connectivity index (χ2n) is 4.53. The Morgan fingerprint density at radius 2 is 1.88 bits per heavy atom. The number of hydrogen-bond donors (Lipinski definition) is 1. The third kappa shape index (κ3) is 3.07. The molecule has 1 aliphatic heterocycles. The van der Waals surface area contributed by atoms with Crippen LogP contribution in [0.1, 0.15) is 36.0 Å². The fraction of sp³-hybridized carbons (Fsp3) is 0.500. The number of aliphatic hydroxyl groups excluding tert-OH is 1. The van der Waals surface area contributed by atoms with Gasteiger partial charge in [0.2, 0.25) is 0 Å². The van der Waals surface area contributed by atoms with Gasteiger partial charge in [-0.05, 0) is 25.0 Å². The lowest BCUT2D eigenvalue weighted by Crippen LogP contribution is -2.24. The first-order valence-corrected chi connectivity index (χ1v) is 6.30. The van der Waals surface area contributed by atoms with Crippen molar-refractivity contribution in [2.45, 2.75) is 25.7 Å². The number of carbonyl (C=O) groups excluding carboxylic acids is 1. The Kier molecular flexibility index (Phi) is 4.15. The van der Waals surface area contributed by atoms with Gasteiger partial charge in [0.15, 0.2) is 5.78 Å². The molecule has 0 aromatic heterocycles. The van der Waals surface area contributed by atoms with Crippen LogP contribution >= 0.6 is 0 Å². The fourth-order valence-electron chi connectivity index (χ4n) is 2.30. The SMILES string of the molecule is O=C(CO)c1cccc(N2CCCCCC2)c1. The monoisotopic (exact) mass is 233 g/mol. The molecule has 0 unspecified atom stereocenters. The van der Waals surface area contributed by atoms with E-state index in [2.05, 4.69) is 4.90 Å². The number of aliphatic hydroxyl groups is 1. The summed E-state index contributed by atoms with van der Waals surface area (Å²) >= 11 is 0. The van der Waals surface area contributed by atoms with E-state index in [4.69, 9.17) is 5.11 Å². The molecule has 0 aliphatic carbocycles. The van der Waals surface area contributed by atoms with E-state index in [1.165, 1.54) is 25.7 Å². The van der Waals surface area contributed by atoms with E-state index < -0.39 is 6.61 Å². The first kappa shape index (κ1) is 12.1. The Balaban J connectivity index is 2.16. The summed E-state index contributed by atoms with van der Waals surface area (Å²) in [6, 6.07) is 7.59. The van der Waals surface area contributed by atoms with Gasteiger partial charge in [0, 0.05) is 24.3 Å². The average molecular weight is 233 g/mol. The molecule has 0 amide bonds. The number of hydrogen-bond acceptors (Lipinski definition) is 3. The van der Waals surface area contributed by atoms with E-state index in [9.17, 15) is 4.79 Å². The van der Waals surface area contributed by atoms with E-state index in [0.29, 0.717) is 5.56 Å². The molecule has 3 heteroatoms. The molecule has 3 nitrogen and oxygen atoms in total. The van der Waals surface area contributed by atoms with Crippen molar-refractivity contribution in [1.82, 2.24) is 0 Å². The quantitative estimate of drug-likeness (QED) is 0.814. The van der Waals surface area contributed by atoms with Crippen molar-refractivity contribution < 1.29 is 9.90 Å². The first-order chi connectivity index (χ1) is 8.31. The van der Waals surface area contributed by atoms with Crippen molar-refractivity contribution in [3.8, 4) is 0 Å². The summed E-state index contributed by atoms with van der Waals surface area (Å²) in [4.78, 5) is 13.8. The number of Topliss-reactive ketones (excluding diaryl/α,β-unsaturated/α-hetero) is 1. The number of carbonyl (C=O) groups is 1. The smallest absolute Gasteiger partial charge is 0.188 e. The van der Waals surface area contributed by atoms with Gasteiger partial charge < -0.3 is 10.0 Å². The van der Waals surface area contributed by atoms with Crippen LogP contribution in [0, 0.1) is 0 Å². The zero-order valence-electron chi connectivity index (χ0n) is 10.1. The van der Waals surface area contributed by atoms with Gasteiger partial charge in [-0.15, -0.1) is 0 Å². The molecule has 0 bridgehead atoms. The number of benzene rings is 1. The molecule has 2 rings (SSSR count). The Hall–Kier alpha value is -1.35. The van der Waals surface area contributed by atoms with Crippen LogP contribution in [0.2, 0.25) is 0 Å². The Bertz CT molecular complexity index is 382. The molecule has 92 valence electrons. The molecule has 1 heterocycles. The standard InChI is InChI=1S/C14H19NO2/c16-11-14(17)12-6-5-7-13(10-12)15-8-3-1-2-4-9-15/h5-7,10,16H,1-4,8-9,11H2. The molecule has 17 heavy (non-hydrogen) atoms. The maximum atomic E-state index is 11.4. The summed E-state index contributed by atoms with van der Waals surface area (Å²) in [5, 5.41) is 8.87. The predicted molar refractivity (Wildman–Crippen MR) is 68.5 cm³/mol. The van der Waals surface area contributed by atoms with Crippen molar-refractivity contribution in [2.75, 3.05) is 24.6 Å². The maximum absolute atomic E-state index is 11.4. The third-order valence-electron chi connectivity index (χ3n) is 3.28. The minimum Gasteiger partial charge on any atom is -0.388 e. The molecule has 0 spiro atoms. The third-order valence-corrected chi connectivity index (χ3v) is 3.28. The Morgan fingerprint density at radius 1 is 1.18 bits per heavy atom. The Morgan fingerprint density at radius 3 is 2.53 bits per heavy atom. The molecule has 1 aromatic carbocycles. The van der Waals surface area contributed by atoms with E-state index in [0.717, 1.165) is 18.8 Å². The van der Waals surface area contributed by atoms with Crippen LogP contribution in [-0.2, 0) is 0 Å². The summed E-state index contributed by atoms with van der Waals surface area (Å²) in [7, 11) is 0. The fourth-order valence-corrected chi connectivity index (χ4v) is 2.30. The summed E-state index contributed by atoms with van der Waals surface area (Å²) in [6.07, 6.45) is 5.04. The minimum atomic E-state index is -0.413. The first-order valence-electron chi connectivity index (χ1n) is 6.30. The van der Waals surface area contributed by atoms with Gasteiger partial charge in [-0.3, -0.25) is 4.79 Å². The highest BCUT2D eigenvalue weighted by Gasteiger charge is 2.11. The lowest BCUT2D eigenvalue weighted by atomic mass is 10.1. The lowest BCUT2D eigenvalue weighted by molar-refractivity contribution is 0.0904. The average Bonchev–Trinajstić information content (AvgIpc) is 2.67. The summed E-state index contributed by atoms with van der Waals surface area (Å²) in [5.41, 5.74) is 1.71. The van der Waals surface area contributed by atoms with Gasteiger partial charge in [0.1, 0.15) is 6.61 Å². The van der Waals surface area contributed by atoms with Crippen molar-refractivity contribution in [3.05, 3.63) is 29.8 Å². The van der Waals surface area contributed by atoms with Crippen molar-refractivity contribution in [3.63, 3.8) is 0 Å². The molecule has 0 atom stereocenters. The van der Waals surface area contributed by atoms with Gasteiger partial charge in [0.05, 0.1) is 0 Å². The highest BCUT2D eigenvalue weighted by molar-refractivity contribution is 5.97. The summed E-state index contributed by atoms with van der Waals surface area (Å²) < 4.78 is 0. The molecule has 1 fully saturated rings. The largest absolute Gasteiger partial charge is 0.388 e. The van der Waals surface area contributed by atoms with Gasteiger partial charge in [0.25, 0.3) is 0 Å². The van der Waals surface area contributed by atoms with E-state index >= 15 is 0 Å². The summed E-state index contributed by atoms with van der Waals surface area (Å²) in [5.74, 6) is -0.207. The van der Waals surface area contributed by atoms with Crippen LogP contribution < -0.4 is 4.90 Å². The molecule has 0 saturated carbocycles.